The number of imidazole rings is 1. The van der Waals surface area contributed by atoms with Crippen molar-refractivity contribution in [3.05, 3.63) is 51.5 Å². The van der Waals surface area contributed by atoms with Gasteiger partial charge in [0.05, 0.1) is 12.0 Å². The van der Waals surface area contributed by atoms with Crippen molar-refractivity contribution in [3.8, 4) is 0 Å². The molecule has 17 heavy (non-hydrogen) atoms. The molecule has 1 N–H and O–H groups in total. The molecule has 2 aromatic rings. The van der Waals surface area contributed by atoms with Crippen LogP contribution in [-0.2, 0) is 6.54 Å². The fraction of sp³-hybridized carbons (Fsp3) is 0.250. The maximum Gasteiger partial charge on any atom is 0.123 e. The molecule has 0 saturated heterocycles. The molecule has 0 aliphatic rings. The SMILES string of the molecule is CCn1cnc(C(O)c2cc(Cl)cc(Br)c2)c1. The summed E-state index contributed by atoms with van der Waals surface area (Å²) < 4.78 is 2.76. The Morgan fingerprint density at radius 2 is 2.24 bits per heavy atom. The number of aromatic nitrogens is 2. The molecule has 0 amide bonds. The highest BCUT2D eigenvalue weighted by Crippen LogP contribution is 2.27. The second kappa shape index (κ2) is 5.21. The normalized spacial score (nSPS) is 12.7. The number of halogens is 2. The van der Waals surface area contributed by atoms with E-state index in [-0.39, 0.29) is 0 Å². The van der Waals surface area contributed by atoms with Crippen LogP contribution in [0.5, 0.6) is 0 Å². The fourth-order valence-corrected chi connectivity index (χ4v) is 2.48. The molecule has 3 nitrogen and oxygen atoms in total. The first-order valence-corrected chi connectivity index (χ1v) is 6.43. The van der Waals surface area contributed by atoms with Gasteiger partial charge in [-0.15, -0.1) is 0 Å². The number of aliphatic hydroxyl groups is 1. The smallest absolute Gasteiger partial charge is 0.123 e. The molecule has 1 aromatic carbocycles. The van der Waals surface area contributed by atoms with Gasteiger partial charge in [0.25, 0.3) is 0 Å². The van der Waals surface area contributed by atoms with Gasteiger partial charge in [0.2, 0.25) is 0 Å². The minimum Gasteiger partial charge on any atom is -0.382 e. The Bertz CT molecular complexity index is 507. The van der Waals surface area contributed by atoms with Crippen LogP contribution in [-0.4, -0.2) is 14.7 Å². The van der Waals surface area contributed by atoms with Gasteiger partial charge in [-0.3, -0.25) is 0 Å². The van der Waals surface area contributed by atoms with Crippen LogP contribution in [0.15, 0.2) is 35.2 Å². The van der Waals surface area contributed by atoms with E-state index < -0.39 is 6.10 Å². The average Bonchev–Trinajstić information content (AvgIpc) is 2.75. The molecule has 0 radical (unpaired) electrons. The lowest BCUT2D eigenvalue weighted by molar-refractivity contribution is 0.215. The molecule has 0 aliphatic carbocycles. The van der Waals surface area contributed by atoms with Gasteiger partial charge >= 0.3 is 0 Å². The van der Waals surface area contributed by atoms with Crippen molar-refractivity contribution >= 4 is 27.5 Å². The summed E-state index contributed by atoms with van der Waals surface area (Å²) in [5, 5.41) is 10.8. The predicted octanol–water partition coefficient (Wildman–Crippen LogP) is 3.40. The highest BCUT2D eigenvalue weighted by Gasteiger charge is 2.14. The topological polar surface area (TPSA) is 38.0 Å². The van der Waals surface area contributed by atoms with Crippen LogP contribution in [0.4, 0.5) is 0 Å². The summed E-state index contributed by atoms with van der Waals surface area (Å²) in [6, 6.07) is 5.35. The van der Waals surface area contributed by atoms with Crippen molar-refractivity contribution in [3.63, 3.8) is 0 Å². The van der Waals surface area contributed by atoms with Crippen molar-refractivity contribution < 1.29 is 5.11 Å². The van der Waals surface area contributed by atoms with Gasteiger partial charge in [0, 0.05) is 22.2 Å². The Kier molecular flexibility index (Phi) is 3.86. The molecular weight excluding hydrogens is 304 g/mol. The standard InChI is InChI=1S/C12H12BrClN2O/c1-2-16-6-11(15-7-16)12(17)8-3-9(13)5-10(14)4-8/h3-7,12,17H,2H2,1H3. The Morgan fingerprint density at radius 3 is 2.82 bits per heavy atom. The third-order valence-corrected chi connectivity index (χ3v) is 3.18. The molecule has 0 aliphatic heterocycles. The molecule has 90 valence electrons. The van der Waals surface area contributed by atoms with Gasteiger partial charge in [0.15, 0.2) is 0 Å². The first-order valence-electron chi connectivity index (χ1n) is 5.26. The average molecular weight is 316 g/mol. The minimum absolute atomic E-state index is 0.586. The lowest BCUT2D eigenvalue weighted by Crippen LogP contribution is -2.00. The van der Waals surface area contributed by atoms with Crippen molar-refractivity contribution in [2.24, 2.45) is 0 Å². The van der Waals surface area contributed by atoms with E-state index in [2.05, 4.69) is 20.9 Å². The first kappa shape index (κ1) is 12.6. The number of rotatable bonds is 3. The summed E-state index contributed by atoms with van der Waals surface area (Å²) in [7, 11) is 0. The highest BCUT2D eigenvalue weighted by atomic mass is 79.9. The largest absolute Gasteiger partial charge is 0.382 e. The molecule has 1 unspecified atom stereocenters. The highest BCUT2D eigenvalue weighted by molar-refractivity contribution is 9.10. The number of nitrogens with zero attached hydrogens (tertiary/aromatic N) is 2. The van der Waals surface area contributed by atoms with Crippen LogP contribution in [0.2, 0.25) is 5.02 Å². The van der Waals surface area contributed by atoms with E-state index in [9.17, 15) is 5.11 Å². The Morgan fingerprint density at radius 1 is 1.47 bits per heavy atom. The molecule has 5 heteroatoms. The van der Waals surface area contributed by atoms with Gasteiger partial charge in [-0.2, -0.15) is 0 Å². The van der Waals surface area contributed by atoms with Crippen molar-refractivity contribution in [1.29, 1.82) is 0 Å². The molecule has 0 bridgehead atoms. The second-order valence-corrected chi connectivity index (χ2v) is 5.09. The van der Waals surface area contributed by atoms with Crippen molar-refractivity contribution in [2.75, 3.05) is 0 Å². The molecule has 2 rings (SSSR count). The summed E-state index contributed by atoms with van der Waals surface area (Å²) >= 11 is 9.30. The molecule has 1 aromatic heterocycles. The van der Waals surface area contributed by atoms with Gasteiger partial charge < -0.3 is 9.67 Å². The quantitative estimate of drug-likeness (QED) is 0.942. The predicted molar refractivity (Wildman–Crippen MR) is 71.1 cm³/mol. The maximum absolute atomic E-state index is 10.2. The molecule has 0 spiro atoms. The summed E-state index contributed by atoms with van der Waals surface area (Å²) in [5.74, 6) is 0. The number of benzene rings is 1. The minimum atomic E-state index is -0.752. The van der Waals surface area contributed by atoms with Crippen LogP contribution < -0.4 is 0 Å². The maximum atomic E-state index is 10.2. The Balaban J connectivity index is 2.32. The number of aryl methyl sites for hydroxylation is 1. The number of aliphatic hydroxyl groups excluding tert-OH is 1. The fourth-order valence-electron chi connectivity index (χ4n) is 1.60. The third-order valence-electron chi connectivity index (χ3n) is 2.50. The summed E-state index contributed by atoms with van der Waals surface area (Å²) in [5.41, 5.74) is 1.35. The Labute approximate surface area is 113 Å². The molecule has 1 heterocycles. The summed E-state index contributed by atoms with van der Waals surface area (Å²) in [4.78, 5) is 4.18. The van der Waals surface area contributed by atoms with E-state index in [1.807, 2.05) is 23.8 Å². The van der Waals surface area contributed by atoms with E-state index in [0.717, 1.165) is 16.6 Å². The van der Waals surface area contributed by atoms with Crippen molar-refractivity contribution in [2.45, 2.75) is 19.6 Å². The van der Waals surface area contributed by atoms with Crippen LogP contribution in [0.25, 0.3) is 0 Å². The molecule has 0 saturated carbocycles. The number of hydrogen-bond donors (Lipinski definition) is 1. The molecule has 0 fully saturated rings. The van der Waals surface area contributed by atoms with Gasteiger partial charge in [-0.1, -0.05) is 27.5 Å². The lowest BCUT2D eigenvalue weighted by Gasteiger charge is -2.09. The van der Waals surface area contributed by atoms with Crippen LogP contribution >= 0.6 is 27.5 Å². The zero-order chi connectivity index (χ0) is 12.4. The third kappa shape index (κ3) is 2.89. The monoisotopic (exact) mass is 314 g/mol. The van der Waals surface area contributed by atoms with E-state index in [1.165, 1.54) is 0 Å². The van der Waals surface area contributed by atoms with E-state index in [4.69, 9.17) is 11.6 Å². The van der Waals surface area contributed by atoms with E-state index in [1.54, 1.807) is 18.5 Å². The van der Waals surface area contributed by atoms with E-state index in [0.29, 0.717) is 10.7 Å². The second-order valence-electron chi connectivity index (χ2n) is 3.73. The van der Waals surface area contributed by atoms with Crippen LogP contribution in [0.3, 0.4) is 0 Å². The molecular formula is C12H12BrClN2O. The summed E-state index contributed by atoms with van der Waals surface area (Å²) in [6.45, 7) is 2.85. The van der Waals surface area contributed by atoms with Crippen LogP contribution in [0.1, 0.15) is 24.3 Å². The number of hydrogen-bond acceptors (Lipinski definition) is 2. The van der Waals surface area contributed by atoms with Crippen LogP contribution in [0, 0.1) is 0 Å². The Hall–Kier alpha value is -0.840. The van der Waals surface area contributed by atoms with Gasteiger partial charge in [-0.25, -0.2) is 4.98 Å². The zero-order valence-electron chi connectivity index (χ0n) is 9.27. The molecule has 1 atom stereocenters. The van der Waals surface area contributed by atoms with Gasteiger partial charge in [-0.05, 0) is 30.7 Å². The van der Waals surface area contributed by atoms with E-state index >= 15 is 0 Å². The van der Waals surface area contributed by atoms with Crippen molar-refractivity contribution in [1.82, 2.24) is 9.55 Å². The zero-order valence-corrected chi connectivity index (χ0v) is 11.6. The first-order chi connectivity index (χ1) is 8.10. The lowest BCUT2D eigenvalue weighted by atomic mass is 10.1. The summed E-state index contributed by atoms with van der Waals surface area (Å²) in [6.07, 6.45) is 2.79. The van der Waals surface area contributed by atoms with Gasteiger partial charge in [0.1, 0.15) is 6.10 Å².